The molecule has 0 saturated carbocycles. The minimum absolute atomic E-state index is 0.0382. The normalized spacial score (nSPS) is 18.9. The molecule has 0 fully saturated rings. The van der Waals surface area contributed by atoms with Crippen molar-refractivity contribution in [3.63, 3.8) is 0 Å². The van der Waals surface area contributed by atoms with E-state index in [9.17, 15) is 10.2 Å². The fraction of sp³-hybridized carbons (Fsp3) is 0.500. The number of nitrogens with one attached hydrogen (secondary N) is 1. The van der Waals surface area contributed by atoms with Crippen LogP contribution in [-0.4, -0.2) is 28.7 Å². The Labute approximate surface area is 100 Å². The molecule has 3 N–H and O–H groups in total. The highest BCUT2D eigenvalue weighted by Gasteiger charge is 2.19. The monoisotopic (exact) mass is 241 g/mol. The average molecular weight is 242 g/mol. The molecule has 2 unspecified atom stereocenters. The van der Waals surface area contributed by atoms with Gasteiger partial charge in [-0.1, -0.05) is 18.2 Å². The number of aliphatic hydroxyl groups is 2. The Morgan fingerprint density at radius 3 is 2.88 bits per heavy atom. The van der Waals surface area contributed by atoms with E-state index in [1.165, 1.54) is 11.1 Å². The number of benzene rings is 1. The highest BCUT2D eigenvalue weighted by atomic mass is 35.5. The highest BCUT2D eigenvalue weighted by Crippen LogP contribution is 2.22. The zero-order valence-electron chi connectivity index (χ0n) is 8.99. The molecule has 88 valence electrons. The molecule has 0 radical (unpaired) electrons. The second-order valence-electron chi connectivity index (χ2n) is 4.12. The molecule has 3 nitrogen and oxygen atoms in total. The van der Waals surface area contributed by atoms with Crippen LogP contribution in [0.15, 0.2) is 18.2 Å². The molecule has 4 heteroatoms. The summed E-state index contributed by atoms with van der Waals surface area (Å²) in [5.41, 5.74) is 3.25. The summed E-state index contributed by atoms with van der Waals surface area (Å²) in [5.74, 6) is 0.0382. The van der Waals surface area contributed by atoms with E-state index >= 15 is 0 Å². The van der Waals surface area contributed by atoms with Crippen molar-refractivity contribution in [3.05, 3.63) is 34.9 Å². The zero-order chi connectivity index (χ0) is 11.5. The first kappa shape index (κ1) is 11.9. The van der Waals surface area contributed by atoms with Crippen LogP contribution in [0, 0.1) is 0 Å². The third kappa shape index (κ3) is 2.38. The van der Waals surface area contributed by atoms with E-state index in [1.807, 2.05) is 18.2 Å². The summed E-state index contributed by atoms with van der Waals surface area (Å²) in [7, 11) is 0. The quantitative estimate of drug-likeness (QED) is 0.692. The molecule has 2 atom stereocenters. The maximum atomic E-state index is 9.84. The fourth-order valence-corrected chi connectivity index (χ4v) is 2.16. The summed E-state index contributed by atoms with van der Waals surface area (Å²) in [6.45, 7) is 1.83. The van der Waals surface area contributed by atoms with Crippen LogP contribution in [-0.2, 0) is 13.0 Å². The van der Waals surface area contributed by atoms with Gasteiger partial charge in [0.15, 0.2) is 0 Å². The maximum absolute atomic E-state index is 9.84. The van der Waals surface area contributed by atoms with E-state index in [4.69, 9.17) is 11.6 Å². The smallest absolute Gasteiger partial charge is 0.106 e. The molecule has 0 aliphatic carbocycles. The summed E-state index contributed by atoms with van der Waals surface area (Å²) in [6.07, 6.45) is -0.787. The standard InChI is InChI=1S/C12H16ClNO2/c13-6-11(15)12(16)9-2-1-8-3-4-14-7-10(8)5-9/h1-2,5,11-12,14-16H,3-4,6-7H2. The van der Waals surface area contributed by atoms with Gasteiger partial charge < -0.3 is 15.5 Å². The van der Waals surface area contributed by atoms with Crippen LogP contribution in [0.5, 0.6) is 0 Å². The zero-order valence-corrected chi connectivity index (χ0v) is 9.74. The number of hydrogen-bond acceptors (Lipinski definition) is 3. The van der Waals surface area contributed by atoms with Crippen molar-refractivity contribution < 1.29 is 10.2 Å². The predicted octanol–water partition coefficient (Wildman–Crippen LogP) is 0.965. The van der Waals surface area contributed by atoms with Gasteiger partial charge in [0, 0.05) is 6.54 Å². The molecule has 1 heterocycles. The van der Waals surface area contributed by atoms with Crippen LogP contribution in [0.4, 0.5) is 0 Å². The van der Waals surface area contributed by atoms with Gasteiger partial charge in [0.2, 0.25) is 0 Å². The lowest BCUT2D eigenvalue weighted by Gasteiger charge is -2.21. The number of halogens is 1. The van der Waals surface area contributed by atoms with Crippen molar-refractivity contribution >= 4 is 11.6 Å². The summed E-state index contributed by atoms with van der Waals surface area (Å²) in [4.78, 5) is 0. The Balaban J connectivity index is 2.22. The topological polar surface area (TPSA) is 52.5 Å². The van der Waals surface area contributed by atoms with Crippen molar-refractivity contribution in [1.29, 1.82) is 0 Å². The van der Waals surface area contributed by atoms with E-state index in [0.29, 0.717) is 0 Å². The van der Waals surface area contributed by atoms with E-state index < -0.39 is 12.2 Å². The van der Waals surface area contributed by atoms with E-state index in [2.05, 4.69) is 5.32 Å². The summed E-state index contributed by atoms with van der Waals surface area (Å²) < 4.78 is 0. The average Bonchev–Trinajstić information content (AvgIpc) is 2.36. The van der Waals surface area contributed by atoms with Gasteiger partial charge in [-0.05, 0) is 29.7 Å². The molecule has 0 aromatic heterocycles. The van der Waals surface area contributed by atoms with Crippen LogP contribution >= 0.6 is 11.6 Å². The van der Waals surface area contributed by atoms with Gasteiger partial charge in [-0.3, -0.25) is 0 Å². The predicted molar refractivity (Wildman–Crippen MR) is 63.5 cm³/mol. The number of rotatable bonds is 3. The van der Waals surface area contributed by atoms with E-state index in [-0.39, 0.29) is 5.88 Å². The molecule has 1 aliphatic heterocycles. The van der Waals surface area contributed by atoms with Crippen molar-refractivity contribution in [3.8, 4) is 0 Å². The van der Waals surface area contributed by atoms with Gasteiger partial charge in [0.05, 0.1) is 12.0 Å². The molecule has 0 amide bonds. The molecule has 0 saturated heterocycles. The Hall–Kier alpha value is -0.610. The number of alkyl halides is 1. The second kappa shape index (κ2) is 5.15. The third-order valence-corrected chi connectivity index (χ3v) is 3.30. The van der Waals surface area contributed by atoms with Crippen molar-refractivity contribution in [2.45, 2.75) is 25.2 Å². The van der Waals surface area contributed by atoms with Gasteiger partial charge in [-0.25, -0.2) is 0 Å². The number of fused-ring (bicyclic) bond motifs is 1. The fourth-order valence-electron chi connectivity index (χ4n) is 1.99. The second-order valence-corrected chi connectivity index (χ2v) is 4.43. The largest absolute Gasteiger partial charge is 0.389 e. The Kier molecular flexibility index (Phi) is 3.82. The SMILES string of the molecule is OC(CCl)C(O)c1ccc2c(c1)CNCC2. The van der Waals surface area contributed by atoms with Crippen LogP contribution in [0.1, 0.15) is 22.8 Å². The first-order valence-electron chi connectivity index (χ1n) is 5.47. The lowest BCUT2D eigenvalue weighted by Crippen LogP contribution is -2.25. The summed E-state index contributed by atoms with van der Waals surface area (Å²) in [5, 5.41) is 22.6. The Morgan fingerprint density at radius 1 is 1.31 bits per heavy atom. The van der Waals surface area contributed by atoms with E-state index in [1.54, 1.807) is 0 Å². The summed E-state index contributed by atoms with van der Waals surface area (Å²) in [6, 6.07) is 5.84. The van der Waals surface area contributed by atoms with E-state index in [0.717, 1.165) is 25.1 Å². The molecule has 1 aliphatic rings. The third-order valence-electron chi connectivity index (χ3n) is 2.98. The van der Waals surface area contributed by atoms with Crippen molar-refractivity contribution in [1.82, 2.24) is 5.32 Å². The van der Waals surface area contributed by atoms with Gasteiger partial charge >= 0.3 is 0 Å². The lowest BCUT2D eigenvalue weighted by molar-refractivity contribution is 0.0326. The van der Waals surface area contributed by atoms with Crippen LogP contribution < -0.4 is 5.32 Å². The minimum Gasteiger partial charge on any atom is -0.389 e. The first-order valence-corrected chi connectivity index (χ1v) is 6.00. The van der Waals surface area contributed by atoms with Gasteiger partial charge in [-0.15, -0.1) is 11.6 Å². The minimum atomic E-state index is -0.906. The first-order chi connectivity index (χ1) is 7.72. The molecule has 1 aromatic carbocycles. The van der Waals surface area contributed by atoms with Crippen molar-refractivity contribution in [2.75, 3.05) is 12.4 Å². The van der Waals surface area contributed by atoms with Crippen LogP contribution in [0.25, 0.3) is 0 Å². The summed E-state index contributed by atoms with van der Waals surface area (Å²) >= 11 is 5.52. The Morgan fingerprint density at radius 2 is 2.12 bits per heavy atom. The lowest BCUT2D eigenvalue weighted by atomic mass is 9.95. The number of hydrogen-bond donors (Lipinski definition) is 3. The van der Waals surface area contributed by atoms with Gasteiger partial charge in [0.1, 0.15) is 6.10 Å². The van der Waals surface area contributed by atoms with Crippen LogP contribution in [0.2, 0.25) is 0 Å². The molecule has 1 aromatic rings. The molecule has 2 rings (SSSR count). The van der Waals surface area contributed by atoms with Crippen molar-refractivity contribution in [2.24, 2.45) is 0 Å². The molecular formula is C12H16ClNO2. The molecule has 0 bridgehead atoms. The highest BCUT2D eigenvalue weighted by molar-refractivity contribution is 6.18. The van der Waals surface area contributed by atoms with Crippen LogP contribution in [0.3, 0.4) is 0 Å². The molecular weight excluding hydrogens is 226 g/mol. The number of aliphatic hydroxyl groups excluding tert-OH is 2. The van der Waals surface area contributed by atoms with Gasteiger partial charge in [0.25, 0.3) is 0 Å². The molecule has 0 spiro atoms. The Bertz CT molecular complexity index is 370. The van der Waals surface area contributed by atoms with Gasteiger partial charge in [-0.2, -0.15) is 0 Å². The molecule has 16 heavy (non-hydrogen) atoms. The maximum Gasteiger partial charge on any atom is 0.106 e.